The van der Waals surface area contributed by atoms with Crippen LogP contribution in [0.1, 0.15) is 50.0 Å². The molecular weight excluding hydrogens is 262 g/mol. The van der Waals surface area contributed by atoms with Crippen LogP contribution in [0, 0.1) is 5.92 Å². The van der Waals surface area contributed by atoms with Crippen LogP contribution in [0.15, 0.2) is 24.3 Å². The minimum atomic E-state index is -0.0550. The Balaban J connectivity index is 2.00. The maximum Gasteiger partial charge on any atom is 0.267 e. The molecule has 0 aliphatic rings. The smallest absolute Gasteiger partial charge is 0.267 e. The Morgan fingerprint density at radius 3 is 2.86 bits per heavy atom. The zero-order valence-electron chi connectivity index (χ0n) is 12.9. The molecule has 0 fully saturated rings. The van der Waals surface area contributed by atoms with Crippen molar-refractivity contribution >= 4 is 22.5 Å². The Morgan fingerprint density at radius 1 is 1.38 bits per heavy atom. The van der Waals surface area contributed by atoms with Crippen LogP contribution in [0.5, 0.6) is 0 Å². The number of aromatic amines is 1. The van der Waals surface area contributed by atoms with Crippen molar-refractivity contribution in [2.75, 3.05) is 12.3 Å². The molecule has 1 amide bonds. The molecule has 1 heterocycles. The summed E-state index contributed by atoms with van der Waals surface area (Å²) in [5, 5.41) is 4.00. The third-order valence-electron chi connectivity index (χ3n) is 4.03. The molecule has 0 aliphatic heterocycles. The van der Waals surface area contributed by atoms with Gasteiger partial charge in [0.25, 0.3) is 5.91 Å². The topological polar surface area (TPSA) is 70.9 Å². The number of benzene rings is 1. The van der Waals surface area contributed by atoms with Crippen molar-refractivity contribution in [3.05, 3.63) is 30.0 Å². The van der Waals surface area contributed by atoms with Gasteiger partial charge in [0.05, 0.1) is 11.2 Å². The van der Waals surface area contributed by atoms with Crippen molar-refractivity contribution in [2.24, 2.45) is 5.92 Å². The summed E-state index contributed by atoms with van der Waals surface area (Å²) in [4.78, 5) is 15.3. The maximum atomic E-state index is 12.2. The summed E-state index contributed by atoms with van der Waals surface area (Å²) in [5.74, 6) is 0.504. The van der Waals surface area contributed by atoms with Crippen LogP contribution in [0.2, 0.25) is 0 Å². The van der Waals surface area contributed by atoms with Gasteiger partial charge in [0.1, 0.15) is 5.69 Å². The lowest BCUT2D eigenvalue weighted by molar-refractivity contribution is 0.0941. The average molecular weight is 287 g/mol. The summed E-state index contributed by atoms with van der Waals surface area (Å²) in [6.07, 6.45) is 4.69. The summed E-state index contributed by atoms with van der Waals surface area (Å²) in [6.45, 7) is 5.11. The van der Waals surface area contributed by atoms with Gasteiger partial charge in [-0.05, 0) is 24.5 Å². The molecule has 0 bridgehead atoms. The maximum absolute atomic E-state index is 12.2. The Labute approximate surface area is 126 Å². The van der Waals surface area contributed by atoms with Gasteiger partial charge < -0.3 is 16.0 Å². The van der Waals surface area contributed by atoms with E-state index in [0.717, 1.165) is 23.9 Å². The molecular formula is C17H25N3O. The Bertz CT molecular complexity index is 603. The number of anilines is 1. The van der Waals surface area contributed by atoms with Crippen molar-refractivity contribution in [2.45, 2.75) is 39.5 Å². The number of carbonyl (C=O) groups excluding carboxylic acids is 1. The molecule has 2 rings (SSSR count). The molecule has 0 saturated heterocycles. The summed E-state index contributed by atoms with van der Waals surface area (Å²) < 4.78 is 0. The van der Waals surface area contributed by atoms with E-state index in [2.05, 4.69) is 24.1 Å². The quantitative estimate of drug-likeness (QED) is 0.679. The van der Waals surface area contributed by atoms with E-state index in [4.69, 9.17) is 5.73 Å². The molecule has 114 valence electrons. The zero-order valence-corrected chi connectivity index (χ0v) is 12.9. The number of carbonyl (C=O) groups is 1. The van der Waals surface area contributed by atoms with Gasteiger partial charge in [0.2, 0.25) is 0 Å². The van der Waals surface area contributed by atoms with Crippen molar-refractivity contribution in [1.82, 2.24) is 10.3 Å². The van der Waals surface area contributed by atoms with Crippen LogP contribution >= 0.6 is 0 Å². The predicted octanol–water partition coefficient (Wildman–Crippen LogP) is 3.70. The van der Waals surface area contributed by atoms with Gasteiger partial charge in [0.15, 0.2) is 0 Å². The van der Waals surface area contributed by atoms with E-state index in [1.165, 1.54) is 19.3 Å². The number of rotatable bonds is 7. The molecule has 1 unspecified atom stereocenters. The average Bonchev–Trinajstić information content (AvgIpc) is 2.93. The number of amides is 1. The SMILES string of the molecule is CCCCC(CC)CNC(=O)c1cc2cccc(N)c2[nH]1. The van der Waals surface area contributed by atoms with Crippen LogP contribution in [0.4, 0.5) is 5.69 Å². The summed E-state index contributed by atoms with van der Waals surface area (Å²) >= 11 is 0. The van der Waals surface area contributed by atoms with Gasteiger partial charge in [-0.2, -0.15) is 0 Å². The first-order chi connectivity index (χ1) is 10.2. The van der Waals surface area contributed by atoms with Gasteiger partial charge in [0, 0.05) is 11.9 Å². The van der Waals surface area contributed by atoms with E-state index in [0.29, 0.717) is 17.3 Å². The van der Waals surface area contributed by atoms with Crippen molar-refractivity contribution in [3.8, 4) is 0 Å². The fraction of sp³-hybridized carbons (Fsp3) is 0.471. The highest BCUT2D eigenvalue weighted by Crippen LogP contribution is 2.21. The van der Waals surface area contributed by atoms with Gasteiger partial charge in [-0.3, -0.25) is 4.79 Å². The molecule has 1 aromatic heterocycles. The molecule has 0 saturated carbocycles. The highest BCUT2D eigenvalue weighted by molar-refractivity contribution is 6.00. The second kappa shape index (κ2) is 7.16. The first kappa shape index (κ1) is 15.4. The number of fused-ring (bicyclic) bond motifs is 1. The molecule has 21 heavy (non-hydrogen) atoms. The van der Waals surface area contributed by atoms with Gasteiger partial charge >= 0.3 is 0 Å². The van der Waals surface area contributed by atoms with E-state index < -0.39 is 0 Å². The number of nitrogens with one attached hydrogen (secondary N) is 2. The van der Waals surface area contributed by atoms with Crippen LogP contribution < -0.4 is 11.1 Å². The van der Waals surface area contributed by atoms with Crippen LogP contribution in [-0.2, 0) is 0 Å². The third kappa shape index (κ3) is 3.78. The normalized spacial score (nSPS) is 12.5. The van der Waals surface area contributed by atoms with Crippen molar-refractivity contribution in [1.29, 1.82) is 0 Å². The number of nitrogen functional groups attached to an aromatic ring is 1. The Kier molecular flexibility index (Phi) is 5.26. The first-order valence-corrected chi connectivity index (χ1v) is 7.81. The monoisotopic (exact) mass is 287 g/mol. The summed E-state index contributed by atoms with van der Waals surface area (Å²) in [7, 11) is 0. The summed E-state index contributed by atoms with van der Waals surface area (Å²) in [6, 6.07) is 7.53. The Morgan fingerprint density at radius 2 is 2.19 bits per heavy atom. The molecule has 4 N–H and O–H groups in total. The van der Waals surface area contributed by atoms with E-state index in [1.807, 2.05) is 24.3 Å². The number of hydrogen-bond donors (Lipinski definition) is 3. The number of aromatic nitrogens is 1. The molecule has 0 aliphatic carbocycles. The Hall–Kier alpha value is -1.97. The second-order valence-electron chi connectivity index (χ2n) is 5.62. The molecule has 4 heteroatoms. The number of para-hydroxylation sites is 1. The van der Waals surface area contributed by atoms with E-state index in [1.54, 1.807) is 0 Å². The molecule has 1 atom stereocenters. The van der Waals surface area contributed by atoms with E-state index in [-0.39, 0.29) is 5.91 Å². The second-order valence-corrected chi connectivity index (χ2v) is 5.62. The number of unbranched alkanes of at least 4 members (excludes halogenated alkanes) is 1. The standard InChI is InChI=1S/C17H25N3O/c1-3-5-7-12(4-2)11-19-17(21)15-10-13-8-6-9-14(18)16(13)20-15/h6,8-10,12,20H,3-5,7,11,18H2,1-2H3,(H,19,21). The molecule has 0 radical (unpaired) electrons. The van der Waals surface area contributed by atoms with E-state index >= 15 is 0 Å². The number of nitrogens with two attached hydrogens (primary N) is 1. The third-order valence-corrected chi connectivity index (χ3v) is 4.03. The van der Waals surface area contributed by atoms with Crippen LogP contribution in [-0.4, -0.2) is 17.4 Å². The van der Waals surface area contributed by atoms with Crippen LogP contribution in [0.25, 0.3) is 10.9 Å². The molecule has 2 aromatic rings. The fourth-order valence-electron chi connectivity index (χ4n) is 2.58. The molecule has 1 aromatic carbocycles. The first-order valence-electron chi connectivity index (χ1n) is 7.81. The zero-order chi connectivity index (χ0) is 15.2. The molecule has 4 nitrogen and oxygen atoms in total. The lowest BCUT2D eigenvalue weighted by Crippen LogP contribution is -2.29. The van der Waals surface area contributed by atoms with E-state index in [9.17, 15) is 4.79 Å². The molecule has 0 spiro atoms. The lowest BCUT2D eigenvalue weighted by Gasteiger charge is -2.14. The highest BCUT2D eigenvalue weighted by atomic mass is 16.1. The number of hydrogen-bond acceptors (Lipinski definition) is 2. The van der Waals surface area contributed by atoms with Gasteiger partial charge in [-0.1, -0.05) is 45.2 Å². The van der Waals surface area contributed by atoms with Gasteiger partial charge in [-0.15, -0.1) is 0 Å². The van der Waals surface area contributed by atoms with Crippen LogP contribution in [0.3, 0.4) is 0 Å². The van der Waals surface area contributed by atoms with Crippen molar-refractivity contribution < 1.29 is 4.79 Å². The summed E-state index contributed by atoms with van der Waals surface area (Å²) in [5.41, 5.74) is 7.98. The predicted molar refractivity (Wildman–Crippen MR) is 88.4 cm³/mol. The minimum Gasteiger partial charge on any atom is -0.397 e. The fourth-order valence-corrected chi connectivity index (χ4v) is 2.58. The highest BCUT2D eigenvalue weighted by Gasteiger charge is 2.12. The largest absolute Gasteiger partial charge is 0.397 e. The minimum absolute atomic E-state index is 0.0550. The lowest BCUT2D eigenvalue weighted by atomic mass is 9.99. The van der Waals surface area contributed by atoms with Crippen molar-refractivity contribution in [3.63, 3.8) is 0 Å². The number of H-pyrrole nitrogens is 1. The van der Waals surface area contributed by atoms with Gasteiger partial charge in [-0.25, -0.2) is 0 Å².